The molecule has 14 heavy (non-hydrogen) atoms. The normalized spacial score (nSPS) is 11.2. The number of nitrogens with zero attached hydrogens (tertiary/aromatic N) is 3. The maximum atomic E-state index is 4.00. The summed E-state index contributed by atoms with van der Waals surface area (Å²) in [4.78, 5) is 0. The highest BCUT2D eigenvalue weighted by atomic mass is 79.9. The molecule has 0 aliphatic rings. The van der Waals surface area contributed by atoms with Gasteiger partial charge in [-0.3, -0.25) is 4.40 Å². The fourth-order valence-electron chi connectivity index (χ4n) is 1.53. The van der Waals surface area contributed by atoms with E-state index in [4.69, 9.17) is 0 Å². The van der Waals surface area contributed by atoms with Crippen molar-refractivity contribution in [3.8, 4) is 0 Å². The predicted octanol–water partition coefficient (Wildman–Crippen LogP) is 2.65. The number of pyridine rings is 1. The number of hydrogen-bond donors (Lipinski definition) is 0. The third-order valence-corrected chi connectivity index (χ3v) is 2.71. The summed E-state index contributed by atoms with van der Waals surface area (Å²) in [6, 6.07) is 8.19. The van der Waals surface area contributed by atoms with Crippen LogP contribution >= 0.6 is 15.9 Å². The van der Waals surface area contributed by atoms with Crippen LogP contribution in [0.4, 0.5) is 0 Å². The van der Waals surface area contributed by atoms with Crippen molar-refractivity contribution >= 4 is 32.3 Å². The minimum atomic E-state index is 0.871. The van der Waals surface area contributed by atoms with Crippen LogP contribution in [0.1, 0.15) is 0 Å². The van der Waals surface area contributed by atoms with Crippen molar-refractivity contribution in [2.75, 3.05) is 0 Å². The summed E-state index contributed by atoms with van der Waals surface area (Å²) in [5, 5.41) is 10.2. The highest BCUT2D eigenvalue weighted by Gasteiger charge is 1.99. The largest absolute Gasteiger partial charge is 0.288 e. The number of benzene rings is 1. The lowest BCUT2D eigenvalue weighted by Gasteiger charge is -1.99. The summed E-state index contributed by atoms with van der Waals surface area (Å²) in [6.07, 6.45) is 3.73. The predicted molar refractivity (Wildman–Crippen MR) is 58.2 cm³/mol. The highest BCUT2D eigenvalue weighted by molar-refractivity contribution is 9.10. The van der Waals surface area contributed by atoms with Gasteiger partial charge in [0.2, 0.25) is 0 Å². The second kappa shape index (κ2) is 2.78. The van der Waals surface area contributed by atoms with Crippen molar-refractivity contribution in [2.24, 2.45) is 0 Å². The van der Waals surface area contributed by atoms with Crippen molar-refractivity contribution in [2.45, 2.75) is 0 Å². The Kier molecular flexibility index (Phi) is 1.58. The SMILES string of the molecule is Brc1ccc2cn3cnnc3cc2c1. The average molecular weight is 248 g/mol. The van der Waals surface area contributed by atoms with Gasteiger partial charge in [0.1, 0.15) is 6.33 Å². The van der Waals surface area contributed by atoms with E-state index in [2.05, 4.69) is 38.3 Å². The molecule has 0 radical (unpaired) electrons. The Hall–Kier alpha value is -1.42. The van der Waals surface area contributed by atoms with Crippen molar-refractivity contribution in [1.82, 2.24) is 14.6 Å². The molecule has 3 aromatic rings. The minimum absolute atomic E-state index is 0.871. The Bertz CT molecular complexity index is 615. The molecule has 0 saturated carbocycles. The summed E-state index contributed by atoms with van der Waals surface area (Å²) in [6.45, 7) is 0. The van der Waals surface area contributed by atoms with Crippen molar-refractivity contribution < 1.29 is 0 Å². The van der Waals surface area contributed by atoms with Crippen molar-refractivity contribution in [3.63, 3.8) is 0 Å². The van der Waals surface area contributed by atoms with E-state index < -0.39 is 0 Å². The molecule has 0 bridgehead atoms. The first kappa shape index (κ1) is 7.94. The Labute approximate surface area is 88.5 Å². The first-order valence-electron chi connectivity index (χ1n) is 4.21. The monoisotopic (exact) mass is 247 g/mol. The molecule has 0 amide bonds. The maximum absolute atomic E-state index is 4.00. The minimum Gasteiger partial charge on any atom is -0.288 e. The molecule has 2 aromatic heterocycles. The van der Waals surface area contributed by atoms with Crippen LogP contribution in [-0.2, 0) is 0 Å². The van der Waals surface area contributed by atoms with Crippen LogP contribution in [0, 0.1) is 0 Å². The standard InChI is InChI=1S/C10H6BrN3/c11-9-2-1-7-5-14-6-12-13-10(14)4-8(7)3-9/h1-6H. The van der Waals surface area contributed by atoms with E-state index in [9.17, 15) is 0 Å². The Morgan fingerprint density at radius 3 is 3.00 bits per heavy atom. The molecule has 3 rings (SSSR count). The molecule has 0 unspecified atom stereocenters. The molecular formula is C10H6BrN3. The van der Waals surface area contributed by atoms with Gasteiger partial charge in [-0.15, -0.1) is 10.2 Å². The zero-order valence-corrected chi connectivity index (χ0v) is 8.77. The maximum Gasteiger partial charge on any atom is 0.161 e. The summed E-state index contributed by atoms with van der Waals surface area (Å²) in [7, 11) is 0. The molecule has 3 nitrogen and oxygen atoms in total. The molecular weight excluding hydrogens is 242 g/mol. The quantitative estimate of drug-likeness (QED) is 0.612. The van der Waals surface area contributed by atoms with Crippen LogP contribution in [0.5, 0.6) is 0 Å². The van der Waals surface area contributed by atoms with E-state index in [-0.39, 0.29) is 0 Å². The third kappa shape index (κ3) is 1.11. The van der Waals surface area contributed by atoms with Crippen LogP contribution in [0.15, 0.2) is 41.3 Å². The second-order valence-electron chi connectivity index (χ2n) is 3.14. The van der Waals surface area contributed by atoms with Crippen LogP contribution < -0.4 is 0 Å². The summed E-state index contributed by atoms with van der Waals surface area (Å²) >= 11 is 3.44. The number of fused-ring (bicyclic) bond motifs is 2. The van der Waals surface area contributed by atoms with E-state index >= 15 is 0 Å². The van der Waals surface area contributed by atoms with Gasteiger partial charge in [0.05, 0.1) is 0 Å². The van der Waals surface area contributed by atoms with Gasteiger partial charge in [0.15, 0.2) is 5.65 Å². The zero-order valence-electron chi connectivity index (χ0n) is 7.18. The molecule has 1 aromatic carbocycles. The fourth-order valence-corrected chi connectivity index (χ4v) is 1.91. The highest BCUT2D eigenvalue weighted by Crippen LogP contribution is 2.20. The van der Waals surface area contributed by atoms with E-state index in [0.29, 0.717) is 0 Å². The number of aromatic nitrogens is 3. The molecule has 0 saturated heterocycles. The van der Waals surface area contributed by atoms with Crippen LogP contribution in [0.3, 0.4) is 0 Å². The molecule has 0 N–H and O–H groups in total. The van der Waals surface area contributed by atoms with Crippen LogP contribution in [-0.4, -0.2) is 14.6 Å². The Balaban J connectivity index is 2.50. The molecule has 0 aliphatic heterocycles. The number of halogens is 1. The topological polar surface area (TPSA) is 30.2 Å². The zero-order chi connectivity index (χ0) is 9.54. The smallest absolute Gasteiger partial charge is 0.161 e. The third-order valence-electron chi connectivity index (χ3n) is 2.21. The summed E-state index contributed by atoms with van der Waals surface area (Å²) < 4.78 is 2.99. The fraction of sp³-hybridized carbons (Fsp3) is 0. The van der Waals surface area contributed by atoms with Crippen molar-refractivity contribution in [3.05, 3.63) is 41.3 Å². The lowest BCUT2D eigenvalue weighted by Crippen LogP contribution is -1.83. The lowest BCUT2D eigenvalue weighted by atomic mass is 10.2. The summed E-state index contributed by atoms with van der Waals surface area (Å²) in [5.74, 6) is 0. The van der Waals surface area contributed by atoms with Gasteiger partial charge in [-0.25, -0.2) is 0 Å². The van der Waals surface area contributed by atoms with Gasteiger partial charge in [-0.05, 0) is 29.0 Å². The van der Waals surface area contributed by atoms with Gasteiger partial charge in [-0.2, -0.15) is 0 Å². The van der Waals surface area contributed by atoms with Gasteiger partial charge < -0.3 is 0 Å². The molecule has 2 heterocycles. The average Bonchev–Trinajstić information content (AvgIpc) is 2.61. The lowest BCUT2D eigenvalue weighted by molar-refractivity contribution is 1.10. The van der Waals surface area contributed by atoms with Gasteiger partial charge >= 0.3 is 0 Å². The first-order chi connectivity index (χ1) is 6.83. The molecule has 4 heteroatoms. The van der Waals surface area contributed by atoms with Crippen LogP contribution in [0.25, 0.3) is 16.4 Å². The molecule has 0 spiro atoms. The van der Waals surface area contributed by atoms with E-state index in [1.54, 1.807) is 6.33 Å². The Morgan fingerprint density at radius 1 is 1.14 bits per heavy atom. The van der Waals surface area contributed by atoms with E-state index in [0.717, 1.165) is 10.1 Å². The Morgan fingerprint density at radius 2 is 2.07 bits per heavy atom. The van der Waals surface area contributed by atoms with Crippen molar-refractivity contribution in [1.29, 1.82) is 0 Å². The number of hydrogen-bond acceptors (Lipinski definition) is 2. The van der Waals surface area contributed by atoms with Gasteiger partial charge in [0.25, 0.3) is 0 Å². The molecule has 0 fully saturated rings. The first-order valence-corrected chi connectivity index (χ1v) is 5.01. The number of rotatable bonds is 0. The van der Waals surface area contributed by atoms with Crippen LogP contribution in [0.2, 0.25) is 0 Å². The van der Waals surface area contributed by atoms with E-state index in [1.165, 1.54) is 10.8 Å². The van der Waals surface area contributed by atoms with Gasteiger partial charge in [-0.1, -0.05) is 22.0 Å². The summed E-state index contributed by atoms with van der Waals surface area (Å²) in [5.41, 5.74) is 0.871. The van der Waals surface area contributed by atoms with Gasteiger partial charge in [0, 0.05) is 10.7 Å². The second-order valence-corrected chi connectivity index (χ2v) is 4.06. The molecule has 68 valence electrons. The molecule has 0 aliphatic carbocycles. The van der Waals surface area contributed by atoms with E-state index in [1.807, 2.05) is 22.7 Å². The molecule has 0 atom stereocenters.